The first-order chi connectivity index (χ1) is 10.7. The van der Waals surface area contributed by atoms with E-state index in [1.807, 2.05) is 0 Å². The van der Waals surface area contributed by atoms with Crippen LogP contribution in [0.1, 0.15) is 18.4 Å². The predicted octanol–water partition coefficient (Wildman–Crippen LogP) is 2.81. The van der Waals surface area contributed by atoms with Gasteiger partial charge in [0.15, 0.2) is 0 Å². The largest absolute Gasteiger partial charge is 0.496 e. The molecule has 0 radical (unpaired) electrons. The number of rotatable bonds is 6. The zero-order chi connectivity index (χ0) is 15.5. The molecule has 3 aliphatic heterocycles. The van der Waals surface area contributed by atoms with Crippen molar-refractivity contribution in [2.75, 3.05) is 33.1 Å². The van der Waals surface area contributed by atoms with Gasteiger partial charge in [-0.2, -0.15) is 0 Å². The number of hydrogen-bond donors (Lipinski definition) is 2. The zero-order valence-electron chi connectivity index (χ0n) is 14.2. The monoisotopic (exact) mass is 394 g/mol. The minimum atomic E-state index is 0. The molecule has 0 spiro atoms. The van der Waals surface area contributed by atoms with E-state index in [9.17, 15) is 5.11 Å². The first-order valence-electron chi connectivity index (χ1n) is 8.04. The van der Waals surface area contributed by atoms with Crippen LogP contribution in [0.5, 0.6) is 5.75 Å². The Bertz CT molecular complexity index is 521. The molecule has 3 aliphatic rings. The fraction of sp³-hybridized carbons (Fsp3) is 0.647. The van der Waals surface area contributed by atoms with E-state index in [2.05, 4.69) is 34.7 Å². The number of ether oxygens (including phenoxy) is 1. The van der Waals surface area contributed by atoms with E-state index < -0.39 is 0 Å². The molecule has 4 nitrogen and oxygen atoms in total. The number of methoxy groups -OCH3 is 1. The molecule has 0 saturated carbocycles. The molecule has 0 amide bonds. The summed E-state index contributed by atoms with van der Waals surface area (Å²) < 4.78 is 5.49. The Kier molecular flexibility index (Phi) is 9.20. The maximum absolute atomic E-state index is 9.45. The van der Waals surface area contributed by atoms with Crippen molar-refractivity contribution in [3.05, 3.63) is 23.8 Å². The lowest BCUT2D eigenvalue weighted by atomic mass is 9.80. The predicted molar refractivity (Wildman–Crippen MR) is 105 cm³/mol. The second-order valence-electron chi connectivity index (χ2n) is 6.28. The summed E-state index contributed by atoms with van der Waals surface area (Å²) in [4.78, 5) is 3.71. The van der Waals surface area contributed by atoms with E-state index in [1.165, 1.54) is 16.9 Å². The van der Waals surface area contributed by atoms with Gasteiger partial charge in [0.1, 0.15) is 5.75 Å². The van der Waals surface area contributed by atoms with E-state index in [1.54, 1.807) is 18.9 Å². The minimum absolute atomic E-state index is 0. The normalized spacial score (nSPS) is 28.0. The SMILES string of the molecule is COc1ccc(SC)cc1CNC1CN2CCC1CC2CO.Cl.Cl. The number of aliphatic hydroxyl groups excluding tert-OH is 1. The number of benzene rings is 1. The third-order valence-corrected chi connectivity index (χ3v) is 5.86. The Morgan fingerprint density at radius 3 is 2.75 bits per heavy atom. The molecule has 1 aromatic rings. The molecule has 4 atom stereocenters. The molecule has 24 heavy (non-hydrogen) atoms. The van der Waals surface area contributed by atoms with Crippen LogP contribution in [0.2, 0.25) is 0 Å². The van der Waals surface area contributed by atoms with Crippen LogP contribution in [0.15, 0.2) is 23.1 Å². The number of fused-ring (bicyclic) bond motifs is 3. The van der Waals surface area contributed by atoms with E-state index in [0.29, 0.717) is 24.6 Å². The topological polar surface area (TPSA) is 44.7 Å². The number of nitrogens with one attached hydrogen (secondary N) is 1. The van der Waals surface area contributed by atoms with Gasteiger partial charge >= 0.3 is 0 Å². The molecule has 3 fully saturated rings. The van der Waals surface area contributed by atoms with Crippen LogP contribution < -0.4 is 10.1 Å². The Balaban J connectivity index is 0.00000144. The Hall–Kier alpha value is -0.170. The molecule has 2 N–H and O–H groups in total. The average Bonchev–Trinajstić information content (AvgIpc) is 2.59. The molecule has 0 aromatic heterocycles. The lowest BCUT2D eigenvalue weighted by molar-refractivity contribution is -0.00535. The summed E-state index contributed by atoms with van der Waals surface area (Å²) in [7, 11) is 1.73. The quantitative estimate of drug-likeness (QED) is 0.726. The van der Waals surface area contributed by atoms with E-state index in [-0.39, 0.29) is 24.8 Å². The molecule has 7 heteroatoms. The smallest absolute Gasteiger partial charge is 0.123 e. The van der Waals surface area contributed by atoms with Gasteiger partial charge in [0, 0.05) is 35.6 Å². The van der Waals surface area contributed by atoms with Crippen molar-refractivity contribution in [2.45, 2.75) is 36.4 Å². The zero-order valence-corrected chi connectivity index (χ0v) is 16.7. The van der Waals surface area contributed by atoms with Gasteiger partial charge in [-0.1, -0.05) is 0 Å². The maximum atomic E-state index is 9.45. The molecule has 3 saturated heterocycles. The van der Waals surface area contributed by atoms with Gasteiger partial charge < -0.3 is 15.2 Å². The van der Waals surface area contributed by atoms with Crippen molar-refractivity contribution in [1.29, 1.82) is 0 Å². The molecule has 4 rings (SSSR count). The first kappa shape index (κ1) is 21.9. The summed E-state index contributed by atoms with van der Waals surface area (Å²) in [5, 5.41) is 13.2. The highest BCUT2D eigenvalue weighted by molar-refractivity contribution is 7.98. The fourth-order valence-corrected chi connectivity index (χ4v) is 4.28. The number of thioether (sulfide) groups is 1. The second-order valence-corrected chi connectivity index (χ2v) is 7.16. The van der Waals surface area contributed by atoms with Crippen molar-refractivity contribution >= 4 is 36.6 Å². The molecular formula is C17H28Cl2N2O2S. The third-order valence-electron chi connectivity index (χ3n) is 5.13. The molecule has 0 aliphatic carbocycles. The standard InChI is InChI=1S/C17H26N2O2S.2ClH/c1-21-17-4-3-15(22-2)8-13(17)9-18-16-10-19-6-5-12(16)7-14(19)11-20;;/h3-4,8,12,14,16,18,20H,5-7,9-11H2,1-2H3;2*1H. The first-order valence-corrected chi connectivity index (χ1v) is 9.26. The van der Waals surface area contributed by atoms with Crippen LogP contribution in [-0.2, 0) is 6.54 Å². The van der Waals surface area contributed by atoms with Crippen molar-refractivity contribution in [2.24, 2.45) is 5.92 Å². The van der Waals surface area contributed by atoms with Gasteiger partial charge in [0.05, 0.1) is 13.7 Å². The van der Waals surface area contributed by atoms with Gasteiger partial charge in [-0.25, -0.2) is 0 Å². The summed E-state index contributed by atoms with van der Waals surface area (Å²) in [6.07, 6.45) is 4.47. The Morgan fingerprint density at radius 1 is 1.38 bits per heavy atom. The maximum Gasteiger partial charge on any atom is 0.123 e. The number of nitrogens with zero attached hydrogens (tertiary/aromatic N) is 1. The summed E-state index contributed by atoms with van der Waals surface area (Å²) in [5.41, 5.74) is 1.23. The van der Waals surface area contributed by atoms with Crippen LogP contribution in [-0.4, -0.2) is 55.2 Å². The molecule has 3 heterocycles. The van der Waals surface area contributed by atoms with Crippen molar-refractivity contribution < 1.29 is 9.84 Å². The van der Waals surface area contributed by atoms with E-state index >= 15 is 0 Å². The summed E-state index contributed by atoms with van der Waals surface area (Å²) in [6.45, 7) is 3.34. The third kappa shape index (κ3) is 4.71. The van der Waals surface area contributed by atoms with E-state index in [0.717, 1.165) is 31.8 Å². The molecule has 2 bridgehead atoms. The Morgan fingerprint density at radius 2 is 2.17 bits per heavy atom. The van der Waals surface area contributed by atoms with Gasteiger partial charge in [-0.15, -0.1) is 36.6 Å². The van der Waals surface area contributed by atoms with Gasteiger partial charge in [-0.05, 0) is 49.8 Å². The van der Waals surface area contributed by atoms with Crippen molar-refractivity contribution in [3.63, 3.8) is 0 Å². The van der Waals surface area contributed by atoms with Crippen molar-refractivity contribution in [1.82, 2.24) is 10.2 Å². The second kappa shape index (κ2) is 10.1. The lowest BCUT2D eigenvalue weighted by Crippen LogP contribution is -2.60. The highest BCUT2D eigenvalue weighted by Gasteiger charge is 2.39. The van der Waals surface area contributed by atoms with Crippen LogP contribution in [0.4, 0.5) is 0 Å². The number of piperidine rings is 3. The average molecular weight is 395 g/mol. The highest BCUT2D eigenvalue weighted by atomic mass is 35.5. The van der Waals surface area contributed by atoms with Crippen LogP contribution in [0, 0.1) is 5.92 Å². The molecular weight excluding hydrogens is 367 g/mol. The molecule has 1 aromatic carbocycles. The molecule has 4 unspecified atom stereocenters. The number of hydrogen-bond acceptors (Lipinski definition) is 5. The highest BCUT2D eigenvalue weighted by Crippen LogP contribution is 2.32. The molecule has 138 valence electrons. The fourth-order valence-electron chi connectivity index (χ4n) is 3.82. The van der Waals surface area contributed by atoms with Crippen LogP contribution in [0.3, 0.4) is 0 Å². The van der Waals surface area contributed by atoms with Gasteiger partial charge in [0.2, 0.25) is 0 Å². The Labute approximate surface area is 161 Å². The lowest BCUT2D eigenvalue weighted by Gasteiger charge is -2.49. The van der Waals surface area contributed by atoms with Crippen molar-refractivity contribution in [3.8, 4) is 5.75 Å². The number of aliphatic hydroxyl groups is 1. The van der Waals surface area contributed by atoms with Crippen LogP contribution in [0.25, 0.3) is 0 Å². The number of halogens is 2. The summed E-state index contributed by atoms with van der Waals surface area (Å²) in [5.74, 6) is 1.65. The minimum Gasteiger partial charge on any atom is -0.496 e. The summed E-state index contributed by atoms with van der Waals surface area (Å²) in [6, 6.07) is 7.29. The van der Waals surface area contributed by atoms with E-state index in [4.69, 9.17) is 4.74 Å². The van der Waals surface area contributed by atoms with Crippen LogP contribution >= 0.6 is 36.6 Å². The summed E-state index contributed by atoms with van der Waals surface area (Å²) >= 11 is 1.76. The van der Waals surface area contributed by atoms with Gasteiger partial charge in [0.25, 0.3) is 0 Å². The van der Waals surface area contributed by atoms with Gasteiger partial charge in [-0.3, -0.25) is 4.90 Å².